The van der Waals surface area contributed by atoms with Gasteiger partial charge in [-0.2, -0.15) is 0 Å². The van der Waals surface area contributed by atoms with Gasteiger partial charge in [-0.15, -0.1) is 0 Å². The molecule has 0 aliphatic carbocycles. The van der Waals surface area contributed by atoms with Gasteiger partial charge in [-0.25, -0.2) is 0 Å². The summed E-state index contributed by atoms with van der Waals surface area (Å²) in [6.07, 6.45) is 4.96. The van der Waals surface area contributed by atoms with Crippen LogP contribution in [0.5, 0.6) is 0 Å². The molecule has 4 heteroatoms. The number of hydrogen-bond acceptors (Lipinski definition) is 2. The zero-order valence-electron chi connectivity index (χ0n) is 11.5. The van der Waals surface area contributed by atoms with E-state index in [-0.39, 0.29) is 11.8 Å². The maximum atomic E-state index is 12.0. The van der Waals surface area contributed by atoms with Crippen molar-refractivity contribution in [3.05, 3.63) is 77.1 Å². The van der Waals surface area contributed by atoms with Crippen molar-refractivity contribution in [3.8, 4) is 0 Å². The first-order valence-electron chi connectivity index (χ1n) is 6.78. The molecule has 1 aromatic carbocycles. The molecule has 0 saturated carbocycles. The third-order valence-electron chi connectivity index (χ3n) is 3.82. The van der Waals surface area contributed by atoms with E-state index in [1.54, 1.807) is 11.1 Å². The van der Waals surface area contributed by atoms with Crippen molar-refractivity contribution in [2.75, 3.05) is 6.54 Å². The van der Waals surface area contributed by atoms with Crippen LogP contribution in [-0.4, -0.2) is 22.3 Å². The van der Waals surface area contributed by atoms with Gasteiger partial charge in [-0.1, -0.05) is 30.3 Å². The topological polar surface area (TPSA) is 33.2 Å². The maximum absolute atomic E-state index is 12.0. The van der Waals surface area contributed by atoms with Gasteiger partial charge in [-0.05, 0) is 41.0 Å². The fraction of sp³-hybridized carbons (Fsp3) is 0.176. The van der Waals surface area contributed by atoms with E-state index in [9.17, 15) is 4.79 Å². The Morgan fingerprint density at radius 1 is 1.43 bits per heavy atom. The Morgan fingerprint density at radius 3 is 3.00 bits per heavy atom. The number of hydrogen-bond donors (Lipinski definition) is 0. The molecule has 0 bridgehead atoms. The van der Waals surface area contributed by atoms with Gasteiger partial charge in [0.2, 0.25) is 5.91 Å². The molecule has 0 spiro atoms. The first-order valence-corrected chi connectivity index (χ1v) is 7.16. The largest absolute Gasteiger partial charge is 0.334 e. The lowest BCUT2D eigenvalue weighted by atomic mass is 9.85. The minimum atomic E-state index is -0.0606. The van der Waals surface area contributed by atoms with Crippen LogP contribution in [0.1, 0.15) is 22.6 Å². The molecule has 1 aliphatic heterocycles. The summed E-state index contributed by atoms with van der Waals surface area (Å²) in [4.78, 5) is 18.0. The van der Waals surface area contributed by atoms with E-state index in [0.29, 0.717) is 18.1 Å². The lowest BCUT2D eigenvalue weighted by Crippen LogP contribution is -2.37. The third kappa shape index (κ3) is 2.69. The standard InChI is InChI=1S/C17H15ClN2O/c1-2-17(21)20-10-13-8-14(18)5-6-15(13)16(11-20)12-4-3-7-19-9-12/h2-9,16H,1,10-11H2/t16-/m0/s1. The first kappa shape index (κ1) is 13.8. The van der Waals surface area contributed by atoms with E-state index in [0.717, 1.165) is 11.1 Å². The monoisotopic (exact) mass is 298 g/mol. The fourth-order valence-electron chi connectivity index (χ4n) is 2.80. The van der Waals surface area contributed by atoms with Crippen LogP contribution in [0.4, 0.5) is 0 Å². The average molecular weight is 299 g/mol. The summed E-state index contributed by atoms with van der Waals surface area (Å²) in [6.45, 7) is 4.77. The van der Waals surface area contributed by atoms with Crippen molar-refractivity contribution in [3.63, 3.8) is 0 Å². The Hall–Kier alpha value is -2.13. The predicted octanol–water partition coefficient (Wildman–Crippen LogP) is 3.40. The summed E-state index contributed by atoms with van der Waals surface area (Å²) in [5.74, 6) is 0.0538. The summed E-state index contributed by atoms with van der Waals surface area (Å²) >= 11 is 6.10. The molecule has 1 aromatic heterocycles. The number of amides is 1. The van der Waals surface area contributed by atoms with Gasteiger partial charge in [-0.3, -0.25) is 9.78 Å². The summed E-state index contributed by atoms with van der Waals surface area (Å²) in [7, 11) is 0. The minimum Gasteiger partial charge on any atom is -0.334 e. The molecule has 0 unspecified atom stereocenters. The average Bonchev–Trinajstić information content (AvgIpc) is 2.53. The van der Waals surface area contributed by atoms with Crippen molar-refractivity contribution in [1.29, 1.82) is 0 Å². The Kier molecular flexibility index (Phi) is 3.76. The molecule has 3 nitrogen and oxygen atoms in total. The number of nitrogens with zero attached hydrogens (tertiary/aromatic N) is 2. The van der Waals surface area contributed by atoms with Gasteiger partial charge in [0, 0.05) is 36.4 Å². The SMILES string of the molecule is C=CC(=O)N1Cc2cc(Cl)ccc2[C@H](c2cccnc2)C1. The van der Waals surface area contributed by atoms with Crippen LogP contribution in [0.3, 0.4) is 0 Å². The Morgan fingerprint density at radius 2 is 2.29 bits per heavy atom. The van der Waals surface area contributed by atoms with Crippen LogP contribution >= 0.6 is 11.6 Å². The zero-order valence-corrected chi connectivity index (χ0v) is 12.3. The quantitative estimate of drug-likeness (QED) is 0.796. The van der Waals surface area contributed by atoms with Crippen molar-refractivity contribution in [1.82, 2.24) is 9.88 Å². The molecule has 2 aromatic rings. The molecule has 2 heterocycles. The van der Waals surface area contributed by atoms with Crippen LogP contribution in [0, 0.1) is 0 Å². The smallest absolute Gasteiger partial charge is 0.246 e. The first-order chi connectivity index (χ1) is 10.2. The number of carbonyl (C=O) groups excluding carboxylic acids is 1. The van der Waals surface area contributed by atoms with E-state index in [1.165, 1.54) is 11.6 Å². The number of benzene rings is 1. The maximum Gasteiger partial charge on any atom is 0.246 e. The van der Waals surface area contributed by atoms with Crippen molar-refractivity contribution in [2.24, 2.45) is 0 Å². The second kappa shape index (κ2) is 5.70. The minimum absolute atomic E-state index is 0.0606. The molecule has 1 amide bonds. The highest BCUT2D eigenvalue weighted by molar-refractivity contribution is 6.30. The molecular weight excluding hydrogens is 284 g/mol. The van der Waals surface area contributed by atoms with Gasteiger partial charge in [0.1, 0.15) is 0 Å². The number of rotatable bonds is 2. The van der Waals surface area contributed by atoms with Crippen molar-refractivity contribution in [2.45, 2.75) is 12.5 Å². The molecular formula is C17H15ClN2O. The molecule has 0 saturated heterocycles. The fourth-order valence-corrected chi connectivity index (χ4v) is 3.00. The van der Waals surface area contributed by atoms with Crippen LogP contribution < -0.4 is 0 Å². The zero-order chi connectivity index (χ0) is 14.8. The number of pyridine rings is 1. The molecule has 106 valence electrons. The van der Waals surface area contributed by atoms with E-state index >= 15 is 0 Å². The van der Waals surface area contributed by atoms with E-state index < -0.39 is 0 Å². The van der Waals surface area contributed by atoms with Crippen molar-refractivity contribution < 1.29 is 4.79 Å². The molecule has 1 atom stereocenters. The number of carbonyl (C=O) groups is 1. The van der Waals surface area contributed by atoms with Crippen molar-refractivity contribution >= 4 is 17.5 Å². The Balaban J connectivity index is 2.07. The third-order valence-corrected chi connectivity index (χ3v) is 4.05. The number of aromatic nitrogens is 1. The van der Waals surface area contributed by atoms with Crippen LogP contribution in [0.2, 0.25) is 5.02 Å². The predicted molar refractivity (Wildman–Crippen MR) is 83.1 cm³/mol. The summed E-state index contributed by atoms with van der Waals surface area (Å²) in [5, 5.41) is 0.687. The molecule has 0 radical (unpaired) electrons. The van der Waals surface area contributed by atoms with Crippen LogP contribution in [0.15, 0.2) is 55.4 Å². The Labute approximate surface area is 128 Å². The van der Waals surface area contributed by atoms with Gasteiger partial charge in [0.25, 0.3) is 0 Å². The highest BCUT2D eigenvalue weighted by Gasteiger charge is 2.28. The second-order valence-corrected chi connectivity index (χ2v) is 5.54. The molecule has 3 rings (SSSR count). The lowest BCUT2D eigenvalue weighted by molar-refractivity contribution is -0.127. The van der Waals surface area contributed by atoms with Crippen LogP contribution in [-0.2, 0) is 11.3 Å². The molecule has 0 fully saturated rings. The van der Waals surface area contributed by atoms with Gasteiger partial charge < -0.3 is 4.90 Å². The van der Waals surface area contributed by atoms with E-state index in [1.807, 2.05) is 36.5 Å². The lowest BCUT2D eigenvalue weighted by Gasteiger charge is -2.34. The number of halogens is 1. The van der Waals surface area contributed by atoms with E-state index in [4.69, 9.17) is 11.6 Å². The van der Waals surface area contributed by atoms with Gasteiger partial charge in [0.05, 0.1) is 0 Å². The molecule has 0 N–H and O–H groups in total. The number of fused-ring (bicyclic) bond motifs is 1. The van der Waals surface area contributed by atoms with Gasteiger partial charge in [0.15, 0.2) is 0 Å². The highest BCUT2D eigenvalue weighted by Crippen LogP contribution is 2.34. The normalized spacial score (nSPS) is 17.2. The summed E-state index contributed by atoms with van der Waals surface area (Å²) in [6, 6.07) is 9.83. The summed E-state index contributed by atoms with van der Waals surface area (Å²) < 4.78 is 0. The second-order valence-electron chi connectivity index (χ2n) is 5.10. The Bertz CT molecular complexity index is 684. The molecule has 1 aliphatic rings. The van der Waals surface area contributed by atoms with E-state index in [2.05, 4.69) is 11.6 Å². The molecule has 21 heavy (non-hydrogen) atoms. The van der Waals surface area contributed by atoms with Gasteiger partial charge >= 0.3 is 0 Å². The van der Waals surface area contributed by atoms with Crippen LogP contribution in [0.25, 0.3) is 0 Å². The highest BCUT2D eigenvalue weighted by atomic mass is 35.5. The summed E-state index contributed by atoms with van der Waals surface area (Å²) in [5.41, 5.74) is 3.39.